The molecule has 1 aliphatic heterocycles. The molecule has 0 aliphatic carbocycles. The minimum atomic E-state index is -0.503. The normalized spacial score (nSPS) is 16.0. The number of methoxy groups -OCH3 is 1. The largest absolute Gasteiger partial charge is 0.495 e. The molecule has 154 valence electrons. The zero-order chi connectivity index (χ0) is 21.3. The van der Waals surface area contributed by atoms with Gasteiger partial charge in [0.25, 0.3) is 0 Å². The summed E-state index contributed by atoms with van der Waals surface area (Å²) < 4.78 is 10.3. The van der Waals surface area contributed by atoms with E-state index in [0.29, 0.717) is 33.9 Å². The fourth-order valence-corrected chi connectivity index (χ4v) is 3.55. The number of hydrogen-bond donors (Lipinski definition) is 1. The summed E-state index contributed by atoms with van der Waals surface area (Å²) in [5.41, 5.74) is 1.87. The van der Waals surface area contributed by atoms with Gasteiger partial charge in [0.1, 0.15) is 5.75 Å². The van der Waals surface area contributed by atoms with Crippen LogP contribution in [-0.4, -0.2) is 35.6 Å². The Morgan fingerprint density at radius 2 is 2.13 bits per heavy atom. The smallest absolute Gasteiger partial charge is 0.229 e. The van der Waals surface area contributed by atoms with Gasteiger partial charge in [-0.15, -0.1) is 0 Å². The number of rotatable bonds is 5. The number of halogens is 1. The average Bonchev–Trinajstić information content (AvgIpc) is 3.34. The maximum atomic E-state index is 12.8. The van der Waals surface area contributed by atoms with E-state index in [1.165, 1.54) is 7.11 Å². The number of nitrogens with zero attached hydrogens (tertiary/aromatic N) is 3. The second kappa shape index (κ2) is 8.16. The van der Waals surface area contributed by atoms with Gasteiger partial charge >= 0.3 is 0 Å². The summed E-state index contributed by atoms with van der Waals surface area (Å²) in [5.74, 6) is 0.504. The minimum Gasteiger partial charge on any atom is -0.495 e. The molecule has 4 rings (SSSR count). The van der Waals surface area contributed by atoms with Crippen LogP contribution >= 0.6 is 11.6 Å². The van der Waals surface area contributed by atoms with E-state index in [1.807, 2.05) is 24.3 Å². The molecule has 1 fully saturated rings. The molecule has 1 aliphatic rings. The Morgan fingerprint density at radius 3 is 2.87 bits per heavy atom. The summed E-state index contributed by atoms with van der Waals surface area (Å²) in [6.07, 6.45) is 0.111. The molecule has 0 spiro atoms. The number of benzene rings is 2. The third-order valence-electron chi connectivity index (χ3n) is 4.86. The predicted molar refractivity (Wildman–Crippen MR) is 112 cm³/mol. The van der Waals surface area contributed by atoms with Gasteiger partial charge in [-0.25, -0.2) is 0 Å². The van der Waals surface area contributed by atoms with Crippen LogP contribution in [0.3, 0.4) is 0 Å². The van der Waals surface area contributed by atoms with Crippen molar-refractivity contribution in [1.29, 1.82) is 0 Å². The lowest BCUT2D eigenvalue weighted by atomic mass is 10.1. The number of nitrogens with one attached hydrogen (secondary N) is 1. The van der Waals surface area contributed by atoms with Crippen LogP contribution in [0.4, 0.5) is 11.4 Å². The molecular weight excluding hydrogens is 408 g/mol. The van der Waals surface area contributed by atoms with Crippen molar-refractivity contribution in [3.05, 3.63) is 53.4 Å². The molecule has 1 aromatic heterocycles. The zero-order valence-electron chi connectivity index (χ0n) is 16.4. The monoisotopic (exact) mass is 426 g/mol. The van der Waals surface area contributed by atoms with E-state index in [9.17, 15) is 9.59 Å². The summed E-state index contributed by atoms with van der Waals surface area (Å²) in [4.78, 5) is 31.2. The fraction of sp³-hybridized carbons (Fsp3) is 0.238. The lowest BCUT2D eigenvalue weighted by molar-refractivity contribution is -0.122. The predicted octanol–water partition coefficient (Wildman–Crippen LogP) is 3.70. The quantitative estimate of drug-likeness (QED) is 0.668. The first-order chi connectivity index (χ1) is 14.4. The molecule has 2 amide bonds. The molecule has 8 nitrogen and oxygen atoms in total. The van der Waals surface area contributed by atoms with E-state index < -0.39 is 5.92 Å². The fourth-order valence-electron chi connectivity index (χ4n) is 3.37. The van der Waals surface area contributed by atoms with Gasteiger partial charge in [0.15, 0.2) is 0 Å². The van der Waals surface area contributed by atoms with Crippen LogP contribution in [0.15, 0.2) is 47.0 Å². The van der Waals surface area contributed by atoms with Crippen LogP contribution < -0.4 is 15.0 Å². The molecule has 0 saturated carbocycles. The minimum absolute atomic E-state index is 0.111. The second-order valence-corrected chi connectivity index (χ2v) is 7.36. The number of hydrogen-bond acceptors (Lipinski definition) is 6. The van der Waals surface area contributed by atoms with Crippen molar-refractivity contribution in [1.82, 2.24) is 10.1 Å². The topological polar surface area (TPSA) is 97.6 Å². The summed E-state index contributed by atoms with van der Waals surface area (Å²) in [6, 6.07) is 12.2. The third kappa shape index (κ3) is 3.99. The van der Waals surface area contributed by atoms with Gasteiger partial charge in [-0.2, -0.15) is 4.98 Å². The Balaban J connectivity index is 1.51. The Morgan fingerprint density at radius 1 is 1.30 bits per heavy atom. The molecule has 2 heterocycles. The van der Waals surface area contributed by atoms with Crippen molar-refractivity contribution in [3.63, 3.8) is 0 Å². The summed E-state index contributed by atoms with van der Waals surface area (Å²) in [7, 11) is 1.51. The van der Waals surface area contributed by atoms with Crippen molar-refractivity contribution in [2.75, 3.05) is 23.9 Å². The van der Waals surface area contributed by atoms with Crippen molar-refractivity contribution in [3.8, 4) is 17.1 Å². The van der Waals surface area contributed by atoms with Crippen LogP contribution in [0.25, 0.3) is 11.4 Å². The molecule has 1 N–H and O–H groups in total. The van der Waals surface area contributed by atoms with Gasteiger partial charge in [-0.1, -0.05) is 28.9 Å². The number of amides is 2. The van der Waals surface area contributed by atoms with E-state index >= 15 is 0 Å². The van der Waals surface area contributed by atoms with Gasteiger partial charge < -0.3 is 19.5 Å². The first-order valence-corrected chi connectivity index (χ1v) is 9.68. The SMILES string of the molecule is COc1ccc(Cl)cc1NC(=O)[C@@H]1CC(=O)N(c2cccc(-c3noc(C)n3)c2)C1. The first-order valence-electron chi connectivity index (χ1n) is 9.30. The van der Waals surface area contributed by atoms with Crippen molar-refractivity contribution in [2.24, 2.45) is 5.92 Å². The van der Waals surface area contributed by atoms with Gasteiger partial charge in [0, 0.05) is 36.2 Å². The number of carbonyl (C=O) groups excluding carboxylic acids is 2. The summed E-state index contributed by atoms with van der Waals surface area (Å²) in [6.45, 7) is 1.98. The molecule has 0 radical (unpaired) electrons. The van der Waals surface area contributed by atoms with E-state index in [2.05, 4.69) is 15.5 Å². The highest BCUT2D eigenvalue weighted by Gasteiger charge is 2.35. The van der Waals surface area contributed by atoms with Crippen LogP contribution in [0.2, 0.25) is 5.02 Å². The number of anilines is 2. The highest BCUT2D eigenvalue weighted by Crippen LogP contribution is 2.31. The molecule has 30 heavy (non-hydrogen) atoms. The van der Waals surface area contributed by atoms with E-state index in [4.69, 9.17) is 20.9 Å². The molecule has 0 unspecified atom stereocenters. The van der Waals surface area contributed by atoms with Crippen molar-refractivity contribution < 1.29 is 18.8 Å². The Labute approximate surface area is 177 Å². The van der Waals surface area contributed by atoms with E-state index in [-0.39, 0.29) is 24.8 Å². The van der Waals surface area contributed by atoms with Crippen molar-refractivity contribution in [2.45, 2.75) is 13.3 Å². The lowest BCUT2D eigenvalue weighted by Gasteiger charge is -2.17. The first kappa shape index (κ1) is 19.9. The van der Waals surface area contributed by atoms with E-state index in [1.54, 1.807) is 30.0 Å². The van der Waals surface area contributed by atoms with Gasteiger partial charge in [-0.3, -0.25) is 9.59 Å². The van der Waals surface area contributed by atoms with Crippen LogP contribution in [0.1, 0.15) is 12.3 Å². The maximum absolute atomic E-state index is 12.8. The summed E-state index contributed by atoms with van der Waals surface area (Å²) in [5, 5.41) is 7.20. The van der Waals surface area contributed by atoms with Crippen molar-refractivity contribution >= 4 is 34.8 Å². The molecule has 0 bridgehead atoms. The zero-order valence-corrected chi connectivity index (χ0v) is 17.1. The highest BCUT2D eigenvalue weighted by molar-refractivity contribution is 6.31. The number of aromatic nitrogens is 2. The van der Waals surface area contributed by atoms with Gasteiger partial charge in [0.05, 0.1) is 18.7 Å². The standard InChI is InChI=1S/C21H19ClN4O4/c1-12-23-20(25-30-12)13-4-3-5-16(8-13)26-11-14(9-19(26)27)21(28)24-17-10-15(22)6-7-18(17)29-2/h3-8,10,14H,9,11H2,1-2H3,(H,24,28)/t14-/m1/s1. The number of aryl methyl sites for hydroxylation is 1. The van der Waals surface area contributed by atoms with Crippen LogP contribution in [-0.2, 0) is 9.59 Å². The average molecular weight is 427 g/mol. The Hall–Kier alpha value is -3.39. The highest BCUT2D eigenvalue weighted by atomic mass is 35.5. The second-order valence-electron chi connectivity index (χ2n) is 6.93. The van der Waals surface area contributed by atoms with Gasteiger partial charge in [0.2, 0.25) is 23.5 Å². The molecule has 1 atom stereocenters. The molecule has 2 aromatic carbocycles. The maximum Gasteiger partial charge on any atom is 0.229 e. The summed E-state index contributed by atoms with van der Waals surface area (Å²) >= 11 is 6.02. The van der Waals surface area contributed by atoms with Crippen LogP contribution in [0, 0.1) is 12.8 Å². The lowest BCUT2D eigenvalue weighted by Crippen LogP contribution is -2.28. The number of ether oxygens (including phenoxy) is 1. The Bertz CT molecular complexity index is 1110. The molecule has 3 aromatic rings. The van der Waals surface area contributed by atoms with Crippen LogP contribution in [0.5, 0.6) is 5.75 Å². The van der Waals surface area contributed by atoms with Gasteiger partial charge in [-0.05, 0) is 30.3 Å². The molecule has 9 heteroatoms. The molecular formula is C21H19ClN4O4. The third-order valence-corrected chi connectivity index (χ3v) is 5.09. The Kier molecular flexibility index (Phi) is 5.41. The number of carbonyl (C=O) groups is 2. The van der Waals surface area contributed by atoms with E-state index in [0.717, 1.165) is 5.56 Å². The molecule has 1 saturated heterocycles.